The molecule has 0 unspecified atom stereocenters. The van der Waals surface area contributed by atoms with Crippen LogP contribution in [-0.2, 0) is 24.2 Å². The van der Waals surface area contributed by atoms with Crippen LogP contribution in [0.2, 0.25) is 0 Å². The van der Waals surface area contributed by atoms with Gasteiger partial charge >= 0.3 is 0 Å². The van der Waals surface area contributed by atoms with E-state index in [9.17, 15) is 9.59 Å². The quantitative estimate of drug-likeness (QED) is 0.835. The predicted octanol–water partition coefficient (Wildman–Crippen LogP) is 1.24. The molecule has 1 amide bonds. The van der Waals surface area contributed by atoms with E-state index in [1.54, 1.807) is 11.9 Å². The average molecular weight is 277 g/mol. The minimum atomic E-state index is -0.0635. The molecule has 1 aliphatic carbocycles. The first kappa shape index (κ1) is 14.8. The summed E-state index contributed by atoms with van der Waals surface area (Å²) in [6.07, 6.45) is 4.16. The first-order valence-corrected chi connectivity index (χ1v) is 7.15. The van der Waals surface area contributed by atoms with E-state index >= 15 is 0 Å². The topological polar surface area (TPSA) is 55.2 Å². The standard InChI is InChI=1S/C15H23N3O2/c1-5-17(4)13(19)9-18-10-16-12-6-7-15(2,3)8-11(12)14(18)20/h10H,5-9H2,1-4H3. The van der Waals surface area contributed by atoms with Gasteiger partial charge in [0.25, 0.3) is 5.56 Å². The minimum Gasteiger partial charge on any atom is -0.344 e. The molecule has 1 heterocycles. The summed E-state index contributed by atoms with van der Waals surface area (Å²) in [5.74, 6) is -0.0635. The fraction of sp³-hybridized carbons (Fsp3) is 0.667. The third-order valence-electron chi connectivity index (χ3n) is 4.12. The Morgan fingerprint density at radius 2 is 2.20 bits per heavy atom. The summed E-state index contributed by atoms with van der Waals surface area (Å²) < 4.78 is 1.44. The van der Waals surface area contributed by atoms with Crippen LogP contribution in [0.4, 0.5) is 0 Å². The van der Waals surface area contributed by atoms with Crippen LogP contribution in [0.5, 0.6) is 0 Å². The van der Waals surface area contributed by atoms with Crippen LogP contribution in [-0.4, -0.2) is 34.0 Å². The lowest BCUT2D eigenvalue weighted by atomic mass is 9.76. The van der Waals surface area contributed by atoms with Crippen molar-refractivity contribution < 1.29 is 4.79 Å². The molecule has 1 aliphatic rings. The maximum absolute atomic E-state index is 12.5. The Morgan fingerprint density at radius 1 is 1.50 bits per heavy atom. The van der Waals surface area contributed by atoms with Crippen molar-refractivity contribution in [3.05, 3.63) is 27.9 Å². The Bertz CT molecular complexity index is 575. The number of hydrogen-bond donors (Lipinski definition) is 0. The van der Waals surface area contributed by atoms with Crippen LogP contribution < -0.4 is 5.56 Å². The maximum atomic E-state index is 12.5. The van der Waals surface area contributed by atoms with Gasteiger partial charge in [-0.25, -0.2) is 4.98 Å². The molecule has 2 rings (SSSR count). The first-order chi connectivity index (χ1) is 9.34. The molecule has 20 heavy (non-hydrogen) atoms. The predicted molar refractivity (Wildman–Crippen MR) is 77.6 cm³/mol. The van der Waals surface area contributed by atoms with Gasteiger partial charge in [-0.3, -0.25) is 14.2 Å². The number of rotatable bonds is 3. The van der Waals surface area contributed by atoms with E-state index in [2.05, 4.69) is 18.8 Å². The monoisotopic (exact) mass is 277 g/mol. The van der Waals surface area contributed by atoms with Gasteiger partial charge in [-0.2, -0.15) is 0 Å². The van der Waals surface area contributed by atoms with Crippen molar-refractivity contribution in [3.8, 4) is 0 Å². The van der Waals surface area contributed by atoms with Crippen molar-refractivity contribution in [2.24, 2.45) is 5.41 Å². The molecule has 5 heteroatoms. The largest absolute Gasteiger partial charge is 0.344 e. The fourth-order valence-electron chi connectivity index (χ4n) is 2.54. The second-order valence-electron chi connectivity index (χ2n) is 6.35. The van der Waals surface area contributed by atoms with Gasteiger partial charge < -0.3 is 4.90 Å². The lowest BCUT2D eigenvalue weighted by Crippen LogP contribution is -2.37. The van der Waals surface area contributed by atoms with Crippen LogP contribution >= 0.6 is 0 Å². The van der Waals surface area contributed by atoms with Gasteiger partial charge in [0.2, 0.25) is 5.91 Å². The highest BCUT2D eigenvalue weighted by molar-refractivity contribution is 5.75. The molecule has 0 aliphatic heterocycles. The highest BCUT2D eigenvalue weighted by Crippen LogP contribution is 2.31. The third kappa shape index (κ3) is 2.92. The van der Waals surface area contributed by atoms with Crippen molar-refractivity contribution >= 4 is 5.91 Å². The number of likely N-dealkylation sites (N-methyl/N-ethyl adjacent to an activating group) is 1. The second-order valence-corrected chi connectivity index (χ2v) is 6.35. The third-order valence-corrected chi connectivity index (χ3v) is 4.12. The van der Waals surface area contributed by atoms with Crippen molar-refractivity contribution in [1.82, 2.24) is 14.5 Å². The number of aromatic nitrogens is 2. The molecule has 0 bridgehead atoms. The summed E-state index contributed by atoms with van der Waals surface area (Å²) in [7, 11) is 1.74. The molecular weight excluding hydrogens is 254 g/mol. The van der Waals surface area contributed by atoms with Crippen molar-refractivity contribution in [2.75, 3.05) is 13.6 Å². The van der Waals surface area contributed by atoms with E-state index in [-0.39, 0.29) is 23.4 Å². The SMILES string of the molecule is CCN(C)C(=O)Cn1cnc2c(c1=O)CC(C)(C)CC2. The second kappa shape index (κ2) is 5.38. The zero-order chi connectivity index (χ0) is 14.9. The van der Waals surface area contributed by atoms with Gasteiger partial charge in [0.1, 0.15) is 6.54 Å². The lowest BCUT2D eigenvalue weighted by Gasteiger charge is -2.30. The van der Waals surface area contributed by atoms with Crippen LogP contribution in [0, 0.1) is 5.41 Å². The van der Waals surface area contributed by atoms with E-state index in [0.717, 1.165) is 30.5 Å². The van der Waals surface area contributed by atoms with Gasteiger partial charge in [0.05, 0.1) is 12.0 Å². The molecule has 0 spiro atoms. The van der Waals surface area contributed by atoms with Crippen LogP contribution in [0.15, 0.2) is 11.1 Å². The normalized spacial score (nSPS) is 16.6. The molecule has 110 valence electrons. The van der Waals surface area contributed by atoms with Crippen LogP contribution in [0.3, 0.4) is 0 Å². The Kier molecular flexibility index (Phi) is 3.97. The average Bonchev–Trinajstić information content (AvgIpc) is 2.40. The number of hydrogen-bond acceptors (Lipinski definition) is 3. The number of carbonyl (C=O) groups excluding carboxylic acids is 1. The van der Waals surface area contributed by atoms with Crippen molar-refractivity contribution in [2.45, 2.75) is 46.6 Å². The Labute approximate surface area is 119 Å². The number of carbonyl (C=O) groups is 1. The molecule has 5 nitrogen and oxygen atoms in total. The Morgan fingerprint density at radius 3 is 2.85 bits per heavy atom. The molecule has 0 saturated heterocycles. The minimum absolute atomic E-state index is 0.0550. The number of amides is 1. The van der Waals surface area contributed by atoms with E-state index < -0.39 is 0 Å². The molecule has 0 atom stereocenters. The zero-order valence-corrected chi connectivity index (χ0v) is 12.8. The fourth-order valence-corrected chi connectivity index (χ4v) is 2.54. The van der Waals surface area contributed by atoms with Crippen LogP contribution in [0.25, 0.3) is 0 Å². The van der Waals surface area contributed by atoms with Gasteiger partial charge in [0, 0.05) is 19.2 Å². The molecular formula is C15H23N3O2. The van der Waals surface area contributed by atoms with E-state index in [1.807, 2.05) is 6.92 Å². The van der Waals surface area contributed by atoms with E-state index in [1.165, 1.54) is 10.9 Å². The number of fused-ring (bicyclic) bond motifs is 1. The van der Waals surface area contributed by atoms with Gasteiger partial charge in [-0.1, -0.05) is 13.8 Å². The summed E-state index contributed by atoms with van der Waals surface area (Å²) in [6, 6.07) is 0. The smallest absolute Gasteiger partial charge is 0.257 e. The van der Waals surface area contributed by atoms with Crippen molar-refractivity contribution in [1.29, 1.82) is 0 Å². The molecule has 0 fully saturated rings. The highest BCUT2D eigenvalue weighted by atomic mass is 16.2. The summed E-state index contributed by atoms with van der Waals surface area (Å²) in [5.41, 5.74) is 1.77. The Hall–Kier alpha value is -1.65. The Balaban J connectivity index is 2.30. The van der Waals surface area contributed by atoms with Gasteiger partial charge in [-0.05, 0) is 31.6 Å². The molecule has 0 aromatic carbocycles. The lowest BCUT2D eigenvalue weighted by molar-refractivity contribution is -0.130. The first-order valence-electron chi connectivity index (χ1n) is 7.15. The molecule has 0 N–H and O–H groups in total. The maximum Gasteiger partial charge on any atom is 0.257 e. The zero-order valence-electron chi connectivity index (χ0n) is 12.8. The van der Waals surface area contributed by atoms with Gasteiger partial charge in [0.15, 0.2) is 0 Å². The molecule has 1 aromatic heterocycles. The van der Waals surface area contributed by atoms with E-state index in [4.69, 9.17) is 0 Å². The van der Waals surface area contributed by atoms with Crippen LogP contribution in [0.1, 0.15) is 38.4 Å². The summed E-state index contributed by atoms with van der Waals surface area (Å²) in [6.45, 7) is 6.96. The number of nitrogens with zero attached hydrogens (tertiary/aromatic N) is 3. The summed E-state index contributed by atoms with van der Waals surface area (Å²) >= 11 is 0. The molecule has 0 radical (unpaired) electrons. The highest BCUT2D eigenvalue weighted by Gasteiger charge is 2.28. The summed E-state index contributed by atoms with van der Waals surface area (Å²) in [5, 5.41) is 0. The molecule has 1 aromatic rings. The van der Waals surface area contributed by atoms with E-state index in [0.29, 0.717) is 6.54 Å². The van der Waals surface area contributed by atoms with Gasteiger partial charge in [-0.15, -0.1) is 0 Å². The van der Waals surface area contributed by atoms with Crippen molar-refractivity contribution in [3.63, 3.8) is 0 Å². The number of aryl methyl sites for hydroxylation is 1. The molecule has 0 saturated carbocycles. The summed E-state index contributed by atoms with van der Waals surface area (Å²) in [4.78, 5) is 30.4.